The summed E-state index contributed by atoms with van der Waals surface area (Å²) in [6, 6.07) is 8.91. The van der Waals surface area contributed by atoms with Gasteiger partial charge in [-0.05, 0) is 55.3 Å². The molecule has 0 saturated heterocycles. The number of carbonyl (C=O) groups excluding carboxylic acids is 2. The minimum atomic E-state index is -4.96. The second kappa shape index (κ2) is 14.6. The van der Waals surface area contributed by atoms with Gasteiger partial charge in [-0.1, -0.05) is 29.8 Å². The Bertz CT molecular complexity index is 1770. The topological polar surface area (TPSA) is 121 Å². The van der Waals surface area contributed by atoms with Gasteiger partial charge in [0, 0.05) is 25.1 Å². The van der Waals surface area contributed by atoms with Gasteiger partial charge in [0.25, 0.3) is 10.0 Å². The lowest BCUT2D eigenvalue weighted by atomic mass is 10.1. The van der Waals surface area contributed by atoms with E-state index in [1.54, 1.807) is 6.07 Å². The molecule has 0 saturated carbocycles. The van der Waals surface area contributed by atoms with Gasteiger partial charge in [-0.15, -0.1) is 0 Å². The Labute approximate surface area is 272 Å². The summed E-state index contributed by atoms with van der Waals surface area (Å²) in [4.78, 5) is 25.9. The number of hydrogen-bond donors (Lipinski definition) is 0. The van der Waals surface area contributed by atoms with E-state index in [0.717, 1.165) is 11.2 Å². The Balaban J connectivity index is 1.81. The molecular formula is C31H29ClF4N2O8S. The molecule has 0 N–H and O–H groups in total. The Morgan fingerprint density at radius 3 is 2.60 bits per heavy atom. The van der Waals surface area contributed by atoms with E-state index in [1.165, 1.54) is 56.5 Å². The van der Waals surface area contributed by atoms with Crippen molar-refractivity contribution in [2.24, 2.45) is 0 Å². The molecule has 2 aromatic carbocycles. The van der Waals surface area contributed by atoms with Crippen LogP contribution in [0.4, 0.5) is 23.2 Å². The number of halogens is 5. The van der Waals surface area contributed by atoms with Crippen LogP contribution in [-0.4, -0.2) is 57.8 Å². The quantitative estimate of drug-likeness (QED) is 0.129. The average Bonchev–Trinajstić information content (AvgIpc) is 3.01. The van der Waals surface area contributed by atoms with Gasteiger partial charge in [0.05, 0.1) is 29.9 Å². The monoisotopic (exact) mass is 700 g/mol. The van der Waals surface area contributed by atoms with Crippen LogP contribution < -0.4 is 13.8 Å². The summed E-state index contributed by atoms with van der Waals surface area (Å²) in [6.07, 6.45) is -3.62. The fourth-order valence-electron chi connectivity index (χ4n) is 4.55. The van der Waals surface area contributed by atoms with Gasteiger partial charge in [0.15, 0.2) is 4.90 Å². The van der Waals surface area contributed by atoms with Gasteiger partial charge in [-0.3, -0.25) is 13.9 Å². The van der Waals surface area contributed by atoms with E-state index >= 15 is 0 Å². The predicted octanol–water partition coefficient (Wildman–Crippen LogP) is 6.30. The fraction of sp³-hybridized carbons (Fsp3) is 0.323. The van der Waals surface area contributed by atoms with Crippen LogP contribution in [-0.2, 0) is 35.3 Å². The van der Waals surface area contributed by atoms with Crippen molar-refractivity contribution in [3.05, 3.63) is 76.2 Å². The van der Waals surface area contributed by atoms with Crippen LogP contribution in [0.15, 0.2) is 53.6 Å². The van der Waals surface area contributed by atoms with Gasteiger partial charge in [-0.2, -0.15) is 13.2 Å². The lowest BCUT2D eigenvalue weighted by Gasteiger charge is -2.36. The van der Waals surface area contributed by atoms with E-state index in [0.29, 0.717) is 17.8 Å². The van der Waals surface area contributed by atoms with Crippen molar-refractivity contribution in [1.82, 2.24) is 4.98 Å². The molecular weight excluding hydrogens is 672 g/mol. The molecule has 47 heavy (non-hydrogen) atoms. The molecule has 2 heterocycles. The maximum absolute atomic E-state index is 14.4. The van der Waals surface area contributed by atoms with Crippen LogP contribution in [0.3, 0.4) is 0 Å². The highest BCUT2D eigenvalue weighted by atomic mass is 35.5. The average molecular weight is 701 g/mol. The SMILES string of the molecule is COC(=O)CC[C@H]1CN(S(=O)(=O)c2cc(C(F)(F)F)cnc2OC[C@@H](C)OC(C)=O)c2cc(/C=C/c3c(F)cccc3Cl)ccc2O1. The van der Waals surface area contributed by atoms with Gasteiger partial charge in [0.1, 0.15) is 30.4 Å². The molecule has 0 unspecified atom stereocenters. The van der Waals surface area contributed by atoms with E-state index in [2.05, 4.69) is 9.72 Å². The first-order chi connectivity index (χ1) is 22.1. The molecule has 16 heteroatoms. The van der Waals surface area contributed by atoms with E-state index in [-0.39, 0.29) is 34.9 Å². The van der Waals surface area contributed by atoms with Crippen LogP contribution in [0.25, 0.3) is 12.2 Å². The molecule has 2 atom stereocenters. The highest BCUT2D eigenvalue weighted by molar-refractivity contribution is 7.93. The highest BCUT2D eigenvalue weighted by Crippen LogP contribution is 2.41. The number of rotatable bonds is 11. The van der Waals surface area contributed by atoms with Gasteiger partial charge in [-0.25, -0.2) is 17.8 Å². The van der Waals surface area contributed by atoms with Gasteiger partial charge in [0.2, 0.25) is 5.88 Å². The van der Waals surface area contributed by atoms with Crippen molar-refractivity contribution >= 4 is 51.4 Å². The minimum absolute atomic E-state index is 0.00959. The molecule has 1 aromatic heterocycles. The number of methoxy groups -OCH3 is 1. The number of carbonyl (C=O) groups is 2. The number of anilines is 1. The van der Waals surface area contributed by atoms with Crippen molar-refractivity contribution in [3.63, 3.8) is 0 Å². The third-order valence-electron chi connectivity index (χ3n) is 6.79. The molecule has 10 nitrogen and oxygen atoms in total. The molecule has 0 aliphatic carbocycles. The largest absolute Gasteiger partial charge is 0.486 e. The zero-order valence-electron chi connectivity index (χ0n) is 25.2. The van der Waals surface area contributed by atoms with E-state index in [9.17, 15) is 35.6 Å². The lowest BCUT2D eigenvalue weighted by molar-refractivity contribution is -0.147. The Hall–Kier alpha value is -4.37. The first-order valence-electron chi connectivity index (χ1n) is 14.0. The molecule has 0 spiro atoms. The molecule has 0 bridgehead atoms. The van der Waals surface area contributed by atoms with E-state index in [4.69, 9.17) is 25.8 Å². The smallest absolute Gasteiger partial charge is 0.417 e. The summed E-state index contributed by atoms with van der Waals surface area (Å²) in [5.74, 6) is -2.46. The maximum Gasteiger partial charge on any atom is 0.417 e. The van der Waals surface area contributed by atoms with Crippen LogP contribution in [0.1, 0.15) is 43.4 Å². The van der Waals surface area contributed by atoms with Crippen molar-refractivity contribution in [2.45, 2.75) is 50.0 Å². The zero-order valence-corrected chi connectivity index (χ0v) is 26.8. The number of ether oxygens (including phenoxy) is 4. The summed E-state index contributed by atoms with van der Waals surface area (Å²) < 4.78 is 106. The molecule has 252 valence electrons. The van der Waals surface area contributed by atoms with Crippen LogP contribution in [0.2, 0.25) is 5.02 Å². The number of pyridine rings is 1. The van der Waals surface area contributed by atoms with Crippen LogP contribution in [0, 0.1) is 5.82 Å². The molecule has 0 amide bonds. The maximum atomic E-state index is 14.4. The predicted molar refractivity (Wildman–Crippen MR) is 163 cm³/mol. The molecule has 1 aliphatic rings. The minimum Gasteiger partial charge on any atom is -0.486 e. The van der Waals surface area contributed by atoms with Crippen LogP contribution >= 0.6 is 11.6 Å². The first kappa shape index (κ1) is 35.5. The second-order valence-electron chi connectivity index (χ2n) is 10.3. The number of alkyl halides is 3. The fourth-order valence-corrected chi connectivity index (χ4v) is 6.39. The summed E-state index contributed by atoms with van der Waals surface area (Å²) in [5.41, 5.74) is -0.965. The Morgan fingerprint density at radius 1 is 1.19 bits per heavy atom. The highest BCUT2D eigenvalue weighted by Gasteiger charge is 2.40. The van der Waals surface area contributed by atoms with Crippen molar-refractivity contribution < 1.29 is 54.5 Å². The number of esters is 2. The number of aromatic nitrogens is 1. The lowest BCUT2D eigenvalue weighted by Crippen LogP contribution is -2.44. The number of fused-ring (bicyclic) bond motifs is 1. The first-order valence-corrected chi connectivity index (χ1v) is 15.8. The van der Waals surface area contributed by atoms with E-state index < -0.39 is 75.7 Å². The summed E-state index contributed by atoms with van der Waals surface area (Å²) >= 11 is 6.12. The third-order valence-corrected chi connectivity index (χ3v) is 8.89. The van der Waals surface area contributed by atoms with Crippen molar-refractivity contribution in [3.8, 4) is 11.6 Å². The Kier molecular flexibility index (Phi) is 11.0. The molecule has 1 aliphatic heterocycles. The Morgan fingerprint density at radius 2 is 1.94 bits per heavy atom. The summed E-state index contributed by atoms with van der Waals surface area (Å²) in [7, 11) is -3.71. The molecule has 0 fully saturated rings. The van der Waals surface area contributed by atoms with E-state index in [1.807, 2.05) is 0 Å². The van der Waals surface area contributed by atoms with Gasteiger partial charge < -0.3 is 18.9 Å². The summed E-state index contributed by atoms with van der Waals surface area (Å²) in [5, 5.41) is 0.132. The molecule has 3 aromatic rings. The normalized spacial score (nSPS) is 15.5. The van der Waals surface area contributed by atoms with Crippen molar-refractivity contribution in [1.29, 1.82) is 0 Å². The van der Waals surface area contributed by atoms with Crippen LogP contribution in [0.5, 0.6) is 11.6 Å². The second-order valence-corrected chi connectivity index (χ2v) is 12.6. The number of nitrogens with zero attached hydrogens (tertiary/aromatic N) is 2. The molecule has 0 radical (unpaired) electrons. The number of hydrogen-bond acceptors (Lipinski definition) is 9. The van der Waals surface area contributed by atoms with Crippen molar-refractivity contribution in [2.75, 3.05) is 24.6 Å². The number of sulfonamides is 1. The standard InChI is InChI=1S/C31H29ClF4N2O8S/c1-18(45-19(2)39)17-44-30-28(14-21(15-37-30)31(34,35)36)47(41,42)38-16-22(9-12-29(40)43-3)46-27-11-8-20(13-26(27)38)7-10-23-24(32)5-4-6-25(23)33/h4-8,10-11,13-15,18,22H,9,12,16-17H2,1-3H3/b10-7+/t18-,22+/m1/s1. The third kappa shape index (κ3) is 8.71. The zero-order chi connectivity index (χ0) is 34.5. The van der Waals surface area contributed by atoms with Gasteiger partial charge >= 0.3 is 18.1 Å². The summed E-state index contributed by atoms with van der Waals surface area (Å²) in [6.45, 7) is 1.74. The molecule has 4 rings (SSSR count). The number of benzene rings is 2.